The van der Waals surface area contributed by atoms with E-state index in [0.29, 0.717) is 30.8 Å². The Labute approximate surface area is 116 Å². The highest BCUT2D eigenvalue weighted by Gasteiger charge is 2.05. The summed E-state index contributed by atoms with van der Waals surface area (Å²) in [7, 11) is 0. The third-order valence-corrected chi connectivity index (χ3v) is 2.94. The van der Waals surface area contributed by atoms with Gasteiger partial charge in [-0.15, -0.1) is 16.7 Å². The van der Waals surface area contributed by atoms with Crippen molar-refractivity contribution in [2.75, 3.05) is 17.7 Å². The SMILES string of the molecule is Cc1cc(F)ccc1CCNc1nnc(CCCl)o1. The minimum atomic E-state index is -0.211. The number of anilines is 1. The number of nitrogens with one attached hydrogen (secondary N) is 1. The van der Waals surface area contributed by atoms with Crippen LogP contribution in [-0.4, -0.2) is 22.6 Å². The Kier molecular flexibility index (Phi) is 4.74. The molecule has 2 rings (SSSR count). The van der Waals surface area contributed by atoms with Crippen molar-refractivity contribution in [3.05, 3.63) is 41.0 Å². The summed E-state index contributed by atoms with van der Waals surface area (Å²) in [5, 5.41) is 10.7. The molecule has 1 aromatic carbocycles. The van der Waals surface area contributed by atoms with E-state index in [-0.39, 0.29) is 5.82 Å². The minimum Gasteiger partial charge on any atom is -0.408 e. The van der Waals surface area contributed by atoms with E-state index >= 15 is 0 Å². The summed E-state index contributed by atoms with van der Waals surface area (Å²) in [5.74, 6) is 0.767. The highest BCUT2D eigenvalue weighted by molar-refractivity contribution is 6.17. The molecule has 0 spiro atoms. The van der Waals surface area contributed by atoms with Crippen molar-refractivity contribution in [3.63, 3.8) is 0 Å². The van der Waals surface area contributed by atoms with Gasteiger partial charge >= 0.3 is 6.01 Å². The van der Waals surface area contributed by atoms with E-state index in [1.54, 1.807) is 6.07 Å². The van der Waals surface area contributed by atoms with Gasteiger partial charge in [-0.1, -0.05) is 11.2 Å². The smallest absolute Gasteiger partial charge is 0.315 e. The molecule has 0 fully saturated rings. The van der Waals surface area contributed by atoms with Crippen LogP contribution in [-0.2, 0) is 12.8 Å². The van der Waals surface area contributed by atoms with Crippen molar-refractivity contribution < 1.29 is 8.81 Å². The molecule has 6 heteroatoms. The predicted molar refractivity (Wildman–Crippen MR) is 72.1 cm³/mol. The molecular weight excluding hydrogens is 269 g/mol. The van der Waals surface area contributed by atoms with E-state index < -0.39 is 0 Å². The average molecular weight is 284 g/mol. The molecule has 0 saturated carbocycles. The third-order valence-electron chi connectivity index (χ3n) is 2.75. The first-order chi connectivity index (χ1) is 9.19. The molecule has 1 aromatic heterocycles. The normalized spacial score (nSPS) is 10.7. The lowest BCUT2D eigenvalue weighted by molar-refractivity contribution is 0.512. The molecule has 0 aliphatic rings. The molecule has 0 radical (unpaired) electrons. The number of aromatic nitrogens is 2. The lowest BCUT2D eigenvalue weighted by atomic mass is 10.1. The van der Waals surface area contributed by atoms with Gasteiger partial charge in [0.2, 0.25) is 5.89 Å². The first kappa shape index (κ1) is 13.8. The molecule has 0 amide bonds. The van der Waals surface area contributed by atoms with Gasteiger partial charge in [-0.05, 0) is 36.6 Å². The monoisotopic (exact) mass is 283 g/mol. The quantitative estimate of drug-likeness (QED) is 0.828. The van der Waals surface area contributed by atoms with Gasteiger partial charge < -0.3 is 9.73 Å². The van der Waals surface area contributed by atoms with Crippen LogP contribution in [0.3, 0.4) is 0 Å². The van der Waals surface area contributed by atoms with Gasteiger partial charge in [0.15, 0.2) is 0 Å². The second kappa shape index (κ2) is 6.52. The van der Waals surface area contributed by atoms with Crippen LogP contribution < -0.4 is 5.32 Å². The highest BCUT2D eigenvalue weighted by Crippen LogP contribution is 2.12. The molecule has 2 aromatic rings. The molecule has 0 aliphatic carbocycles. The zero-order chi connectivity index (χ0) is 13.7. The second-order valence-corrected chi connectivity index (χ2v) is 4.57. The summed E-state index contributed by atoms with van der Waals surface area (Å²) in [6.45, 7) is 2.54. The number of aryl methyl sites for hydroxylation is 2. The molecule has 1 N–H and O–H groups in total. The molecule has 0 unspecified atom stereocenters. The van der Waals surface area contributed by atoms with Gasteiger partial charge in [0.25, 0.3) is 0 Å². The number of nitrogens with zero attached hydrogens (tertiary/aromatic N) is 2. The summed E-state index contributed by atoms with van der Waals surface area (Å²) in [4.78, 5) is 0. The fraction of sp³-hybridized carbons (Fsp3) is 0.385. The van der Waals surface area contributed by atoms with E-state index in [1.807, 2.05) is 6.92 Å². The van der Waals surface area contributed by atoms with E-state index in [9.17, 15) is 4.39 Å². The van der Waals surface area contributed by atoms with Crippen molar-refractivity contribution in [1.82, 2.24) is 10.2 Å². The van der Waals surface area contributed by atoms with Crippen LogP contribution in [0.25, 0.3) is 0 Å². The van der Waals surface area contributed by atoms with Crippen molar-refractivity contribution in [2.45, 2.75) is 19.8 Å². The first-order valence-electron chi connectivity index (χ1n) is 6.06. The summed E-state index contributed by atoms with van der Waals surface area (Å²) < 4.78 is 18.3. The number of hydrogen-bond acceptors (Lipinski definition) is 4. The summed E-state index contributed by atoms with van der Waals surface area (Å²) in [6, 6.07) is 5.17. The molecule has 0 atom stereocenters. The Balaban J connectivity index is 1.85. The number of benzene rings is 1. The Morgan fingerprint density at radius 2 is 2.16 bits per heavy atom. The van der Waals surface area contributed by atoms with Crippen LogP contribution in [0, 0.1) is 12.7 Å². The Bertz CT molecular complexity index is 544. The van der Waals surface area contributed by atoms with Crippen molar-refractivity contribution in [1.29, 1.82) is 0 Å². The first-order valence-corrected chi connectivity index (χ1v) is 6.59. The summed E-state index contributed by atoms with van der Waals surface area (Å²) >= 11 is 5.58. The molecule has 0 saturated heterocycles. The Hall–Kier alpha value is -1.62. The van der Waals surface area contributed by atoms with Gasteiger partial charge in [0.1, 0.15) is 5.82 Å². The van der Waals surface area contributed by atoms with E-state index in [2.05, 4.69) is 15.5 Å². The maximum Gasteiger partial charge on any atom is 0.315 e. The molecule has 4 nitrogen and oxygen atoms in total. The second-order valence-electron chi connectivity index (χ2n) is 4.19. The van der Waals surface area contributed by atoms with Crippen LogP contribution in [0.1, 0.15) is 17.0 Å². The van der Waals surface area contributed by atoms with Gasteiger partial charge in [0.05, 0.1) is 0 Å². The van der Waals surface area contributed by atoms with Gasteiger partial charge in [-0.3, -0.25) is 0 Å². The van der Waals surface area contributed by atoms with Crippen LogP contribution in [0.2, 0.25) is 0 Å². The van der Waals surface area contributed by atoms with Crippen molar-refractivity contribution in [2.24, 2.45) is 0 Å². The fourth-order valence-electron chi connectivity index (χ4n) is 1.75. The van der Waals surface area contributed by atoms with Gasteiger partial charge in [0, 0.05) is 18.8 Å². The van der Waals surface area contributed by atoms with Crippen LogP contribution >= 0.6 is 11.6 Å². The standard InChI is InChI=1S/C13H15ClFN3O/c1-9-8-11(15)3-2-10(9)5-7-16-13-18-17-12(19-13)4-6-14/h2-3,8H,4-7H2,1H3,(H,16,18). The predicted octanol–water partition coefficient (Wildman–Crippen LogP) is 2.95. The Morgan fingerprint density at radius 3 is 2.89 bits per heavy atom. The zero-order valence-electron chi connectivity index (χ0n) is 10.6. The van der Waals surface area contributed by atoms with Crippen LogP contribution in [0.15, 0.2) is 22.6 Å². The maximum atomic E-state index is 13.0. The summed E-state index contributed by atoms with van der Waals surface area (Å²) in [6.07, 6.45) is 1.33. The number of alkyl halides is 1. The highest BCUT2D eigenvalue weighted by atomic mass is 35.5. The Morgan fingerprint density at radius 1 is 1.32 bits per heavy atom. The lowest BCUT2D eigenvalue weighted by Gasteiger charge is -2.05. The van der Waals surface area contributed by atoms with Crippen molar-refractivity contribution in [3.8, 4) is 0 Å². The zero-order valence-corrected chi connectivity index (χ0v) is 11.4. The lowest BCUT2D eigenvalue weighted by Crippen LogP contribution is -2.06. The molecule has 0 aliphatic heterocycles. The molecule has 0 bridgehead atoms. The average Bonchev–Trinajstić information content (AvgIpc) is 2.80. The van der Waals surface area contributed by atoms with E-state index in [1.165, 1.54) is 12.1 Å². The maximum absolute atomic E-state index is 13.0. The van der Waals surface area contributed by atoms with Gasteiger partial charge in [-0.25, -0.2) is 4.39 Å². The van der Waals surface area contributed by atoms with Gasteiger partial charge in [-0.2, -0.15) is 0 Å². The van der Waals surface area contributed by atoms with Crippen LogP contribution in [0.4, 0.5) is 10.4 Å². The number of rotatable bonds is 6. The van der Waals surface area contributed by atoms with Crippen LogP contribution in [0.5, 0.6) is 0 Å². The minimum absolute atomic E-state index is 0.211. The fourth-order valence-corrected chi connectivity index (χ4v) is 1.91. The summed E-state index contributed by atoms with van der Waals surface area (Å²) in [5.41, 5.74) is 2.03. The third kappa shape index (κ3) is 3.92. The van der Waals surface area contributed by atoms with E-state index in [0.717, 1.165) is 17.5 Å². The molecule has 102 valence electrons. The molecule has 1 heterocycles. The number of hydrogen-bond donors (Lipinski definition) is 1. The van der Waals surface area contributed by atoms with E-state index in [4.69, 9.17) is 16.0 Å². The number of halogens is 2. The molecular formula is C13H15ClFN3O. The largest absolute Gasteiger partial charge is 0.408 e. The molecule has 19 heavy (non-hydrogen) atoms. The topological polar surface area (TPSA) is 51.0 Å². The van der Waals surface area contributed by atoms with Crippen molar-refractivity contribution >= 4 is 17.6 Å².